The Hall–Kier alpha value is -3.50. The number of halogens is 3. The number of nitrogen functional groups attached to an aromatic ring is 1. The molecule has 1 aromatic heterocycles. The van der Waals surface area contributed by atoms with Crippen LogP contribution in [0.2, 0.25) is 0 Å². The van der Waals surface area contributed by atoms with E-state index in [1.54, 1.807) is 37.4 Å². The van der Waals surface area contributed by atoms with Gasteiger partial charge in [0.1, 0.15) is 0 Å². The number of amides is 1. The van der Waals surface area contributed by atoms with Crippen LogP contribution >= 0.6 is 0 Å². The Morgan fingerprint density at radius 3 is 2.44 bits per heavy atom. The molecule has 3 N–H and O–H groups in total. The third-order valence-corrected chi connectivity index (χ3v) is 6.37. The van der Waals surface area contributed by atoms with Gasteiger partial charge in [-0.1, -0.05) is 6.07 Å². The smallest absolute Gasteiger partial charge is 0.368 e. The predicted molar refractivity (Wildman–Crippen MR) is 134 cm³/mol. The third kappa shape index (κ3) is 6.00. The largest absolute Gasteiger partial charge is 0.416 e. The second kappa shape index (κ2) is 10.2. The number of nitrogens with two attached hydrogens (primary N) is 1. The zero-order valence-corrected chi connectivity index (χ0v) is 20.5. The molecule has 0 radical (unpaired) electrons. The summed E-state index contributed by atoms with van der Waals surface area (Å²) in [6.45, 7) is 7.33. The Morgan fingerprint density at radius 1 is 1.06 bits per heavy atom. The van der Waals surface area contributed by atoms with Crippen molar-refractivity contribution in [3.63, 3.8) is 0 Å². The third-order valence-electron chi connectivity index (χ3n) is 6.37. The number of carbonyl (C=O) groups excluding carboxylic acids is 1. The number of rotatable bonds is 5. The van der Waals surface area contributed by atoms with E-state index in [9.17, 15) is 18.0 Å². The van der Waals surface area contributed by atoms with Crippen LogP contribution < -0.4 is 11.1 Å². The fourth-order valence-electron chi connectivity index (χ4n) is 4.29. The topological polar surface area (TPSA) is 87.4 Å². The molecule has 36 heavy (non-hydrogen) atoms. The summed E-state index contributed by atoms with van der Waals surface area (Å²) in [6, 6.07) is 8.84. The molecule has 0 bridgehead atoms. The van der Waals surface area contributed by atoms with Gasteiger partial charge in [0.2, 0.25) is 5.95 Å². The number of hydrogen-bond donors (Lipinski definition) is 2. The number of piperazine rings is 1. The maximum atomic E-state index is 13.6. The number of anilines is 2. The minimum Gasteiger partial charge on any atom is -0.368 e. The SMILES string of the molecule is Cc1ccc(C(=O)Nc2cc(CN3CCN(C)CC3)cc(C(F)(F)F)c2)cc1-c1cnc(N)nc1C. The molecule has 0 saturated carbocycles. The maximum absolute atomic E-state index is 13.6. The lowest BCUT2D eigenvalue weighted by Crippen LogP contribution is -2.43. The van der Waals surface area contributed by atoms with Gasteiger partial charge in [0.15, 0.2) is 0 Å². The Kier molecular flexibility index (Phi) is 7.28. The second-order valence-electron chi connectivity index (χ2n) is 9.21. The maximum Gasteiger partial charge on any atom is 0.416 e. The molecular weight excluding hydrogens is 469 g/mol. The first kappa shape index (κ1) is 25.6. The molecule has 7 nitrogen and oxygen atoms in total. The van der Waals surface area contributed by atoms with E-state index in [4.69, 9.17) is 5.73 Å². The first-order chi connectivity index (χ1) is 17.0. The molecule has 1 aliphatic rings. The second-order valence-corrected chi connectivity index (χ2v) is 9.21. The van der Waals surface area contributed by atoms with Crippen molar-refractivity contribution in [2.24, 2.45) is 0 Å². The summed E-state index contributed by atoms with van der Waals surface area (Å²) in [6.07, 6.45) is -2.93. The van der Waals surface area contributed by atoms with E-state index in [0.29, 0.717) is 23.4 Å². The van der Waals surface area contributed by atoms with Crippen molar-refractivity contribution < 1.29 is 18.0 Å². The lowest BCUT2D eigenvalue weighted by atomic mass is 9.98. The number of aryl methyl sites for hydroxylation is 2. The van der Waals surface area contributed by atoms with E-state index in [-0.39, 0.29) is 11.6 Å². The Labute approximate surface area is 208 Å². The standard InChI is InChI=1S/C26H29F3N6O/c1-16-4-5-19(12-22(16)23-14-31-25(30)32-17(23)2)24(36)33-21-11-18(10-20(13-21)26(27,28)29)15-35-8-6-34(3)7-9-35/h4-5,10-14H,6-9,15H2,1-3H3,(H,33,36)(H2,30,31,32). The molecule has 10 heteroatoms. The van der Waals surface area contributed by atoms with Gasteiger partial charge in [0, 0.05) is 55.7 Å². The van der Waals surface area contributed by atoms with Gasteiger partial charge in [-0.25, -0.2) is 9.97 Å². The Morgan fingerprint density at radius 2 is 1.78 bits per heavy atom. The highest BCUT2D eigenvalue weighted by Gasteiger charge is 2.31. The van der Waals surface area contributed by atoms with Crippen LogP contribution in [0.4, 0.5) is 24.8 Å². The van der Waals surface area contributed by atoms with E-state index in [0.717, 1.165) is 55.0 Å². The molecular formula is C26H29F3N6O. The molecule has 1 fully saturated rings. The average Bonchev–Trinajstić information content (AvgIpc) is 2.80. The van der Waals surface area contributed by atoms with Gasteiger partial charge in [0.25, 0.3) is 5.91 Å². The van der Waals surface area contributed by atoms with E-state index < -0.39 is 17.6 Å². The molecule has 0 spiro atoms. The molecule has 1 aliphatic heterocycles. The molecule has 2 aromatic carbocycles. The summed E-state index contributed by atoms with van der Waals surface area (Å²) in [5.74, 6) is -0.352. The Balaban J connectivity index is 1.60. The quantitative estimate of drug-likeness (QED) is 0.544. The number of nitrogens with zero attached hydrogens (tertiary/aromatic N) is 4. The van der Waals surface area contributed by atoms with E-state index >= 15 is 0 Å². The number of aromatic nitrogens is 2. The summed E-state index contributed by atoms with van der Waals surface area (Å²) < 4.78 is 40.9. The lowest BCUT2D eigenvalue weighted by Gasteiger charge is -2.32. The van der Waals surface area contributed by atoms with E-state index in [2.05, 4.69) is 25.1 Å². The first-order valence-corrected chi connectivity index (χ1v) is 11.6. The van der Waals surface area contributed by atoms with Crippen LogP contribution in [0.15, 0.2) is 42.6 Å². The zero-order chi connectivity index (χ0) is 26.0. The van der Waals surface area contributed by atoms with Crippen molar-refractivity contribution in [3.8, 4) is 11.1 Å². The van der Waals surface area contributed by atoms with Gasteiger partial charge >= 0.3 is 6.18 Å². The highest BCUT2D eigenvalue weighted by molar-refractivity contribution is 6.05. The van der Waals surface area contributed by atoms with Gasteiger partial charge in [-0.15, -0.1) is 0 Å². The molecule has 3 aromatic rings. The monoisotopic (exact) mass is 498 g/mol. The van der Waals surface area contributed by atoms with Crippen LogP contribution in [-0.4, -0.2) is 58.9 Å². The van der Waals surface area contributed by atoms with Crippen LogP contribution in [0.5, 0.6) is 0 Å². The van der Waals surface area contributed by atoms with Gasteiger partial charge in [0.05, 0.1) is 11.3 Å². The normalized spacial score (nSPS) is 15.2. The molecule has 4 rings (SSSR count). The minimum atomic E-state index is -4.53. The highest BCUT2D eigenvalue weighted by Crippen LogP contribution is 2.33. The summed E-state index contributed by atoms with van der Waals surface area (Å²) in [4.78, 5) is 25.6. The van der Waals surface area contributed by atoms with Gasteiger partial charge in [-0.2, -0.15) is 13.2 Å². The van der Waals surface area contributed by atoms with Gasteiger partial charge in [-0.05, 0) is 67.9 Å². The van der Waals surface area contributed by atoms with Crippen molar-refractivity contribution in [1.29, 1.82) is 0 Å². The van der Waals surface area contributed by atoms with Crippen LogP contribution in [-0.2, 0) is 12.7 Å². The molecule has 1 amide bonds. The number of carbonyl (C=O) groups is 1. The summed E-state index contributed by atoms with van der Waals surface area (Å²) in [7, 11) is 2.02. The van der Waals surface area contributed by atoms with Gasteiger partial charge < -0.3 is 16.0 Å². The molecule has 0 unspecified atom stereocenters. The number of benzene rings is 2. The molecule has 190 valence electrons. The fraction of sp³-hybridized carbons (Fsp3) is 0.346. The van der Waals surface area contributed by atoms with Crippen molar-refractivity contribution in [1.82, 2.24) is 19.8 Å². The zero-order valence-electron chi connectivity index (χ0n) is 20.5. The van der Waals surface area contributed by atoms with Crippen molar-refractivity contribution >= 4 is 17.5 Å². The summed E-state index contributed by atoms with van der Waals surface area (Å²) >= 11 is 0. The van der Waals surface area contributed by atoms with Crippen LogP contribution in [0.3, 0.4) is 0 Å². The average molecular weight is 499 g/mol. The fourth-order valence-corrected chi connectivity index (χ4v) is 4.29. The van der Waals surface area contributed by atoms with Crippen LogP contribution in [0.1, 0.15) is 32.7 Å². The van der Waals surface area contributed by atoms with Crippen molar-refractivity contribution in [2.45, 2.75) is 26.6 Å². The lowest BCUT2D eigenvalue weighted by molar-refractivity contribution is -0.137. The van der Waals surface area contributed by atoms with Crippen molar-refractivity contribution in [2.75, 3.05) is 44.3 Å². The minimum absolute atomic E-state index is 0.105. The van der Waals surface area contributed by atoms with Crippen LogP contribution in [0, 0.1) is 13.8 Å². The Bertz CT molecular complexity index is 1270. The molecule has 0 aliphatic carbocycles. The highest BCUT2D eigenvalue weighted by atomic mass is 19.4. The number of likely N-dealkylation sites (N-methyl/N-ethyl adjacent to an activating group) is 1. The van der Waals surface area contributed by atoms with Gasteiger partial charge in [-0.3, -0.25) is 9.69 Å². The number of hydrogen-bond acceptors (Lipinski definition) is 6. The van der Waals surface area contributed by atoms with E-state index in [1.807, 2.05) is 14.0 Å². The number of alkyl halides is 3. The molecule has 2 heterocycles. The first-order valence-electron chi connectivity index (χ1n) is 11.6. The number of nitrogens with one attached hydrogen (secondary N) is 1. The van der Waals surface area contributed by atoms with Crippen molar-refractivity contribution in [3.05, 3.63) is 70.5 Å². The van der Waals surface area contributed by atoms with E-state index in [1.165, 1.54) is 0 Å². The summed E-state index contributed by atoms with van der Waals surface area (Å²) in [5.41, 5.74) is 8.82. The summed E-state index contributed by atoms with van der Waals surface area (Å²) in [5, 5.41) is 2.66. The molecule has 1 saturated heterocycles. The predicted octanol–water partition coefficient (Wildman–Crippen LogP) is 4.36. The van der Waals surface area contributed by atoms with Crippen LogP contribution in [0.25, 0.3) is 11.1 Å². The molecule has 0 atom stereocenters.